The molecule has 0 amide bonds. The Bertz CT molecular complexity index is 2100. The average Bonchev–Trinajstić information content (AvgIpc) is 3.39. The fourth-order valence-corrected chi connectivity index (χ4v) is 6.51. The minimum atomic E-state index is 0.788. The van der Waals surface area contributed by atoms with Crippen molar-refractivity contribution in [3.8, 4) is 11.1 Å². The molecule has 8 aromatic rings. The highest BCUT2D eigenvalue weighted by Gasteiger charge is 2.16. The Morgan fingerprint density at radius 3 is 1.49 bits per heavy atom. The van der Waals surface area contributed by atoms with E-state index in [0.717, 1.165) is 23.6 Å². The summed E-state index contributed by atoms with van der Waals surface area (Å²) in [6.45, 7) is 0.788. The maximum absolute atomic E-state index is 2.47. The molecule has 0 bridgehead atoms. The van der Waals surface area contributed by atoms with Gasteiger partial charge in [0.1, 0.15) is 0 Å². The second kappa shape index (κ2) is 10.7. The van der Waals surface area contributed by atoms with E-state index in [9.17, 15) is 0 Å². The van der Waals surface area contributed by atoms with E-state index in [-0.39, 0.29) is 0 Å². The summed E-state index contributed by atoms with van der Waals surface area (Å²) in [5.74, 6) is 0. The maximum atomic E-state index is 2.47. The van der Waals surface area contributed by atoms with E-state index in [0.29, 0.717) is 0 Å². The Morgan fingerprint density at radius 2 is 0.884 bits per heavy atom. The SMILES string of the molecule is c1ccc(N(c2ccccc2)c2ccc(-c3c(Cn4c5ccccc5c5ccccc54)ccc4ccccc34)cc2)cc1. The maximum Gasteiger partial charge on any atom is 0.0494 e. The molecule has 0 radical (unpaired) electrons. The summed E-state index contributed by atoms with van der Waals surface area (Å²) < 4.78 is 2.47. The van der Waals surface area contributed by atoms with Crippen LogP contribution < -0.4 is 4.90 Å². The molecular formula is C41H30N2. The van der Waals surface area contributed by atoms with Gasteiger partial charge >= 0.3 is 0 Å². The number of anilines is 3. The van der Waals surface area contributed by atoms with Gasteiger partial charge in [0.15, 0.2) is 0 Å². The molecule has 204 valence electrons. The summed E-state index contributed by atoms with van der Waals surface area (Å²) in [4.78, 5) is 2.31. The van der Waals surface area contributed by atoms with Crippen molar-refractivity contribution in [2.45, 2.75) is 6.54 Å². The highest BCUT2D eigenvalue weighted by Crippen LogP contribution is 2.39. The van der Waals surface area contributed by atoms with E-state index >= 15 is 0 Å². The number of hydrogen-bond donors (Lipinski definition) is 0. The van der Waals surface area contributed by atoms with E-state index in [1.54, 1.807) is 0 Å². The van der Waals surface area contributed by atoms with Crippen LogP contribution in [0.4, 0.5) is 17.1 Å². The molecule has 0 aliphatic rings. The number of rotatable bonds is 6. The molecule has 0 aliphatic carbocycles. The molecule has 2 heteroatoms. The molecule has 0 saturated carbocycles. The summed E-state index contributed by atoms with van der Waals surface area (Å²) in [5, 5.41) is 5.12. The van der Waals surface area contributed by atoms with Crippen molar-refractivity contribution in [3.05, 3.63) is 175 Å². The highest BCUT2D eigenvalue weighted by molar-refractivity contribution is 6.08. The van der Waals surface area contributed by atoms with Crippen molar-refractivity contribution in [3.63, 3.8) is 0 Å². The van der Waals surface area contributed by atoms with Gasteiger partial charge in [-0.3, -0.25) is 0 Å². The zero-order valence-electron chi connectivity index (χ0n) is 23.8. The van der Waals surface area contributed by atoms with Crippen LogP contribution in [0.1, 0.15) is 5.56 Å². The largest absolute Gasteiger partial charge is 0.336 e. The lowest BCUT2D eigenvalue weighted by Crippen LogP contribution is -2.09. The van der Waals surface area contributed by atoms with Crippen LogP contribution in [-0.2, 0) is 6.54 Å². The first-order chi connectivity index (χ1) is 21.3. The fourth-order valence-electron chi connectivity index (χ4n) is 6.51. The third-order valence-electron chi connectivity index (χ3n) is 8.47. The molecule has 0 aliphatic heterocycles. The van der Waals surface area contributed by atoms with Crippen LogP contribution in [0.2, 0.25) is 0 Å². The minimum Gasteiger partial charge on any atom is -0.336 e. The predicted octanol–water partition coefficient (Wildman–Crippen LogP) is 11.1. The van der Waals surface area contributed by atoms with Crippen LogP contribution in [0.15, 0.2) is 170 Å². The molecule has 0 fully saturated rings. The highest BCUT2D eigenvalue weighted by atomic mass is 15.1. The summed E-state index contributed by atoms with van der Waals surface area (Å²) in [5.41, 5.74) is 9.75. The van der Waals surface area contributed by atoms with Gasteiger partial charge in [-0.05, 0) is 76.0 Å². The molecule has 8 rings (SSSR count). The van der Waals surface area contributed by atoms with Gasteiger partial charge in [-0.25, -0.2) is 0 Å². The van der Waals surface area contributed by atoms with Gasteiger partial charge in [0, 0.05) is 45.4 Å². The van der Waals surface area contributed by atoms with E-state index in [1.807, 2.05) is 0 Å². The molecule has 1 aromatic heterocycles. The number of benzene rings is 7. The Kier molecular flexibility index (Phi) is 6.23. The van der Waals surface area contributed by atoms with Gasteiger partial charge < -0.3 is 9.47 Å². The quantitative estimate of drug-likeness (QED) is 0.200. The minimum absolute atomic E-state index is 0.788. The Balaban J connectivity index is 1.28. The number of fused-ring (bicyclic) bond motifs is 4. The van der Waals surface area contributed by atoms with Gasteiger partial charge in [-0.15, -0.1) is 0 Å². The lowest BCUT2D eigenvalue weighted by Gasteiger charge is -2.25. The Labute approximate surface area is 251 Å². The molecule has 2 nitrogen and oxygen atoms in total. The molecule has 1 heterocycles. The van der Waals surface area contributed by atoms with Gasteiger partial charge in [0.25, 0.3) is 0 Å². The first-order valence-corrected chi connectivity index (χ1v) is 14.8. The number of para-hydroxylation sites is 4. The van der Waals surface area contributed by atoms with Crippen molar-refractivity contribution in [2.24, 2.45) is 0 Å². The molecule has 0 atom stereocenters. The van der Waals surface area contributed by atoms with E-state index in [2.05, 4.69) is 179 Å². The standard InChI is InChI=1S/C41H30N2/c1-3-14-33(15-4-1)43(34-16-5-2-6-17-34)35-27-25-31(26-28-35)41-32(24-23-30-13-7-8-18-36(30)41)29-42-39-21-11-9-19-37(39)38-20-10-12-22-40(38)42/h1-28H,29H2. The summed E-state index contributed by atoms with van der Waals surface area (Å²) in [7, 11) is 0. The van der Waals surface area contributed by atoms with Crippen molar-refractivity contribution < 1.29 is 0 Å². The van der Waals surface area contributed by atoms with Crippen molar-refractivity contribution >= 4 is 49.6 Å². The van der Waals surface area contributed by atoms with Crippen LogP contribution in [0.25, 0.3) is 43.7 Å². The van der Waals surface area contributed by atoms with E-state index in [4.69, 9.17) is 0 Å². The van der Waals surface area contributed by atoms with Crippen LogP contribution in [-0.4, -0.2) is 4.57 Å². The monoisotopic (exact) mass is 550 g/mol. The fraction of sp³-hybridized carbons (Fsp3) is 0.0244. The number of nitrogens with zero attached hydrogens (tertiary/aromatic N) is 2. The molecule has 0 spiro atoms. The second-order valence-electron chi connectivity index (χ2n) is 11.0. The number of hydrogen-bond acceptors (Lipinski definition) is 1. The Hall–Kier alpha value is -5.60. The molecule has 7 aromatic carbocycles. The van der Waals surface area contributed by atoms with Crippen LogP contribution in [0, 0.1) is 0 Å². The van der Waals surface area contributed by atoms with Crippen molar-refractivity contribution in [2.75, 3.05) is 4.90 Å². The van der Waals surface area contributed by atoms with Crippen LogP contribution in [0.5, 0.6) is 0 Å². The summed E-state index contributed by atoms with van der Waals surface area (Å²) in [6.07, 6.45) is 0. The third kappa shape index (κ3) is 4.45. The predicted molar refractivity (Wildman–Crippen MR) is 183 cm³/mol. The molecule has 43 heavy (non-hydrogen) atoms. The average molecular weight is 551 g/mol. The van der Waals surface area contributed by atoms with Gasteiger partial charge in [0.2, 0.25) is 0 Å². The van der Waals surface area contributed by atoms with E-state index < -0.39 is 0 Å². The lowest BCUT2D eigenvalue weighted by atomic mass is 9.93. The molecule has 0 saturated heterocycles. The first-order valence-electron chi connectivity index (χ1n) is 14.8. The van der Waals surface area contributed by atoms with E-state index in [1.165, 1.54) is 49.3 Å². The third-order valence-corrected chi connectivity index (χ3v) is 8.47. The smallest absolute Gasteiger partial charge is 0.0494 e. The van der Waals surface area contributed by atoms with Crippen molar-refractivity contribution in [1.82, 2.24) is 4.57 Å². The molecular weight excluding hydrogens is 520 g/mol. The summed E-state index contributed by atoms with van der Waals surface area (Å²) >= 11 is 0. The lowest BCUT2D eigenvalue weighted by molar-refractivity contribution is 0.872. The van der Waals surface area contributed by atoms with Crippen LogP contribution in [0.3, 0.4) is 0 Å². The van der Waals surface area contributed by atoms with Crippen molar-refractivity contribution in [1.29, 1.82) is 0 Å². The van der Waals surface area contributed by atoms with Gasteiger partial charge in [0.05, 0.1) is 0 Å². The zero-order chi connectivity index (χ0) is 28.6. The topological polar surface area (TPSA) is 8.17 Å². The van der Waals surface area contributed by atoms with Gasteiger partial charge in [-0.2, -0.15) is 0 Å². The van der Waals surface area contributed by atoms with Crippen LogP contribution >= 0.6 is 0 Å². The second-order valence-corrected chi connectivity index (χ2v) is 11.0. The number of aromatic nitrogens is 1. The first kappa shape index (κ1) is 25.1. The molecule has 0 unspecified atom stereocenters. The van der Waals surface area contributed by atoms with Gasteiger partial charge in [-0.1, -0.05) is 121 Å². The zero-order valence-corrected chi connectivity index (χ0v) is 23.8. The Morgan fingerprint density at radius 1 is 0.395 bits per heavy atom. The normalized spacial score (nSPS) is 11.3. The molecule has 0 N–H and O–H groups in total. The summed E-state index contributed by atoms with van der Waals surface area (Å²) in [6, 6.07) is 61.1.